The van der Waals surface area contributed by atoms with E-state index in [-0.39, 0.29) is 101 Å². The van der Waals surface area contributed by atoms with E-state index in [1.54, 1.807) is 31.2 Å². The number of aromatic hydroxyl groups is 2. The smallest absolute Gasteiger partial charge is 0.297 e. The van der Waals surface area contributed by atoms with Crippen LogP contribution in [0, 0.1) is 32.1 Å². The first kappa shape index (κ1) is 60.6. The number of phenols is 1. The lowest BCUT2D eigenvalue weighted by atomic mass is 10.1. The number of aromatic nitrogens is 3. The average Bonchev–Trinajstić information content (AvgIpc) is 3.98. The number of hydrogen-bond acceptors (Lipinski definition) is 29. The Balaban J connectivity index is 0.00000177. The van der Waals surface area contributed by atoms with Crippen LogP contribution >= 0.6 is 35.4 Å². The first-order valence-corrected chi connectivity index (χ1v) is 30.1. The molecule has 0 aliphatic rings. The van der Waals surface area contributed by atoms with Crippen LogP contribution in [-0.4, -0.2) is 106 Å². The highest BCUT2D eigenvalue weighted by molar-refractivity contribution is 7.95. The predicted molar refractivity (Wildman–Crippen MR) is 282 cm³/mol. The predicted octanol–water partition coefficient (Wildman–Crippen LogP) is 10.2. The summed E-state index contributed by atoms with van der Waals surface area (Å²) in [7, 11) is -18.2. The van der Waals surface area contributed by atoms with Gasteiger partial charge in [0.05, 0.1) is 74.5 Å². The molecule has 31 nitrogen and oxygen atoms in total. The van der Waals surface area contributed by atoms with Crippen LogP contribution in [0.3, 0.4) is 0 Å². The minimum absolute atomic E-state index is 0.000196. The Morgan fingerprint density at radius 3 is 1.96 bits per heavy atom. The van der Waals surface area contributed by atoms with Gasteiger partial charge in [-0.25, -0.2) is 20.5 Å². The van der Waals surface area contributed by atoms with Crippen molar-refractivity contribution in [3.8, 4) is 23.4 Å². The van der Waals surface area contributed by atoms with E-state index in [0.29, 0.717) is 34.9 Å². The minimum atomic E-state index is -5.27. The molecule has 3 aromatic heterocycles. The molecule has 0 fully saturated rings. The number of fused-ring (bicyclic) bond motifs is 5. The van der Waals surface area contributed by atoms with Crippen molar-refractivity contribution < 1.29 is 96.1 Å². The Labute approximate surface area is 462 Å². The fraction of sp³-hybridized carbons (Fsp3) is 0.167. The number of nitrogens with zero attached hydrogens (tertiary/aromatic N) is 10. The van der Waals surface area contributed by atoms with Crippen LogP contribution in [0.2, 0.25) is 0 Å². The van der Waals surface area contributed by atoms with Gasteiger partial charge in [0, 0.05) is 27.3 Å². The van der Waals surface area contributed by atoms with Gasteiger partial charge >= 0.3 is 0 Å². The fourth-order valence-electron chi connectivity index (χ4n) is 7.44. The third-order valence-electron chi connectivity index (χ3n) is 10.7. The third-order valence-corrected chi connectivity index (χ3v) is 15.9. The van der Waals surface area contributed by atoms with E-state index < -0.39 is 84.4 Å². The molecule has 0 bridgehead atoms. The van der Waals surface area contributed by atoms with Gasteiger partial charge in [-0.1, -0.05) is 33.5 Å². The van der Waals surface area contributed by atoms with E-state index in [2.05, 4.69) is 59.4 Å². The highest BCUT2D eigenvalue weighted by atomic mass is 32.2. The quantitative estimate of drug-likeness (QED) is 0.00931. The van der Waals surface area contributed by atoms with E-state index in [1.807, 2.05) is 6.07 Å². The van der Waals surface area contributed by atoms with Crippen molar-refractivity contribution in [1.82, 2.24) is 14.4 Å². The van der Waals surface area contributed by atoms with Gasteiger partial charge in [-0.05, 0) is 80.8 Å². The number of hydrogen-bond donors (Lipinski definition) is 8. The van der Waals surface area contributed by atoms with Gasteiger partial charge in [0.15, 0.2) is 17.1 Å². The van der Waals surface area contributed by atoms with Gasteiger partial charge in [0.25, 0.3) is 40.5 Å². The van der Waals surface area contributed by atoms with Gasteiger partial charge in [0.1, 0.15) is 44.2 Å². The molecule has 0 spiro atoms. The Morgan fingerprint density at radius 2 is 1.32 bits per heavy atom. The maximum absolute atomic E-state index is 13.2. The lowest BCUT2D eigenvalue weighted by Gasteiger charge is -2.13. The first-order valence-electron chi connectivity index (χ1n) is 21.5. The molecule has 38 heteroatoms. The van der Waals surface area contributed by atoms with Gasteiger partial charge < -0.3 is 14.9 Å². The summed E-state index contributed by atoms with van der Waals surface area (Å²) in [5.41, 5.74) is 0.295. The number of imidazole rings is 1. The number of rotatable bonds is 19. The molecule has 0 amide bonds. The number of aryl methyl sites for hydroxylation is 1. The molecule has 0 aliphatic heterocycles. The summed E-state index contributed by atoms with van der Waals surface area (Å²) in [5, 5.41) is 82.4. The summed E-state index contributed by atoms with van der Waals surface area (Å²) in [6.45, 7) is 4.04. The molecular formula is C42H36N10O21S7. The zero-order valence-corrected chi connectivity index (χ0v) is 46.3. The van der Waals surface area contributed by atoms with Crippen LogP contribution in [0.25, 0.3) is 37.7 Å². The number of phenolic OH excluding ortho intramolecular Hbond substituents is 1. The second-order valence-electron chi connectivity index (χ2n) is 16.1. The van der Waals surface area contributed by atoms with Crippen LogP contribution in [0.15, 0.2) is 111 Å². The molecule has 0 unspecified atom stereocenters. The number of azo groups is 3. The lowest BCUT2D eigenvalue weighted by Crippen LogP contribution is -2.08. The second kappa shape index (κ2) is 24.4. The molecule has 0 saturated carbocycles. The zero-order chi connectivity index (χ0) is 58.6. The highest BCUT2D eigenvalue weighted by Crippen LogP contribution is 2.49. The van der Waals surface area contributed by atoms with Crippen LogP contribution in [0.4, 0.5) is 33.6 Å². The van der Waals surface area contributed by atoms with Gasteiger partial charge in [0.2, 0.25) is 11.0 Å². The number of para-hydroxylation sites is 2. The highest BCUT2D eigenvalue weighted by Gasteiger charge is 2.28. The summed E-state index contributed by atoms with van der Waals surface area (Å²) in [5.74, 6) is -2.11. The van der Waals surface area contributed by atoms with Crippen molar-refractivity contribution in [2.45, 2.75) is 46.8 Å². The molecule has 0 atom stereocenters. The van der Waals surface area contributed by atoms with Crippen molar-refractivity contribution in [2.75, 3.05) is 18.6 Å². The van der Waals surface area contributed by atoms with Crippen LogP contribution < -0.4 is 4.74 Å². The fourth-order valence-corrected chi connectivity index (χ4v) is 11.9. The number of thiazole rings is 1. The first-order chi connectivity index (χ1) is 37.5. The van der Waals surface area contributed by atoms with Crippen molar-refractivity contribution in [1.29, 1.82) is 5.26 Å². The molecule has 0 radical (unpaired) electrons. The van der Waals surface area contributed by atoms with Gasteiger partial charge in [-0.3, -0.25) is 22.6 Å². The second-order valence-corrected chi connectivity index (χ2v) is 24.3. The number of pyridine rings is 1. The summed E-state index contributed by atoms with van der Waals surface area (Å²) in [4.78, 5) is 7.11. The van der Waals surface area contributed by atoms with E-state index in [4.69, 9.17) is 19.8 Å². The zero-order valence-electron chi connectivity index (χ0n) is 40.6. The normalized spacial score (nSPS) is 12.7. The lowest BCUT2D eigenvalue weighted by molar-refractivity contribution is -0.432. The molecule has 0 aliphatic carbocycles. The molecule has 8 rings (SSSR count). The Bertz CT molecular complexity index is 4390. The number of ether oxygens (including phenoxy) is 1. The van der Waals surface area contributed by atoms with Crippen LogP contribution in [0.5, 0.6) is 17.4 Å². The summed E-state index contributed by atoms with van der Waals surface area (Å²) >= 11 is 1.37. The van der Waals surface area contributed by atoms with E-state index >= 15 is 0 Å². The monoisotopic (exact) mass is 1240 g/mol. The molecule has 8 N–H and O–H groups in total. The Morgan fingerprint density at radius 1 is 0.700 bits per heavy atom. The molecule has 8 aromatic rings. The minimum Gasteiger partial charge on any atom is -0.505 e. The standard InChI is InChI=1S/C41H32N10O18S6.CH4O3S/c1-18-13-27(30(65-11-6-12-73(56,57)58)15-26(18)46-50-41-44-28-16-31(71-68-66-54)20(3)37(36(28)70-41)74(59,60)61)47-49-34-32(72-69-67-55)14-22-21(35(34)52)9-10-25(38(22)75(62,63)64)45-48-33-19(2)23(17-42)39-43-24-7-4-5-8-29(24)51(39)40(33)53;1-5(2,3)4/h4-5,7-10,13-16,52-55H,6,11-12H2,1-3H3,(H,56,57,58)(H,59,60,61)(H,62,63,64);1H3,(H,2,3,4). The average molecular weight is 1240 g/mol. The van der Waals surface area contributed by atoms with Crippen LogP contribution in [-0.2, 0) is 59.2 Å². The van der Waals surface area contributed by atoms with Crippen molar-refractivity contribution in [3.05, 3.63) is 82.9 Å². The molecular weight excluding hydrogens is 1200 g/mol. The van der Waals surface area contributed by atoms with Gasteiger partial charge in [-0.2, -0.15) is 38.9 Å². The van der Waals surface area contributed by atoms with Crippen molar-refractivity contribution >= 4 is 147 Å². The van der Waals surface area contributed by atoms with Crippen molar-refractivity contribution in [2.24, 2.45) is 30.7 Å². The maximum Gasteiger partial charge on any atom is 0.297 e. The van der Waals surface area contributed by atoms with Crippen LogP contribution in [0.1, 0.15) is 28.7 Å². The SMILES string of the molecule is CS(=O)(=O)O.Cc1cc(N=Nc2c(SOOO)cc3c(S(=O)(=O)O)c(N=Nc4c(C)c(C#N)c5nc6ccccc6n5c4O)ccc3c2O)c(OCCCS(=O)(=O)O)cc1N=Nc1nc2cc(SOOO)c(C)c(S(=O)(=O)O)c2s1. The topological polar surface area (TPSA) is 473 Å². The summed E-state index contributed by atoms with van der Waals surface area (Å²) in [6, 6.07) is 16.1. The number of benzene rings is 5. The van der Waals surface area contributed by atoms with Gasteiger partial charge in [-0.15, -0.1) is 39.4 Å². The summed E-state index contributed by atoms with van der Waals surface area (Å²) < 4.78 is 146. The molecule has 80 heavy (non-hydrogen) atoms. The molecule has 5 aromatic carbocycles. The van der Waals surface area contributed by atoms with Crippen molar-refractivity contribution in [3.63, 3.8) is 0 Å². The maximum atomic E-state index is 13.2. The molecule has 3 heterocycles. The van der Waals surface area contributed by atoms with E-state index in [9.17, 15) is 62.8 Å². The Hall–Kier alpha value is -7.01. The Kier molecular flexibility index (Phi) is 18.5. The number of nitriles is 1. The summed E-state index contributed by atoms with van der Waals surface area (Å²) in [6.07, 6.45) is 0.491. The molecule has 0 saturated heterocycles. The van der Waals surface area contributed by atoms with E-state index in [1.165, 1.54) is 42.5 Å². The largest absolute Gasteiger partial charge is 0.505 e. The third kappa shape index (κ3) is 13.9. The molecule has 422 valence electrons. The van der Waals surface area contributed by atoms with E-state index in [0.717, 1.165) is 23.5 Å².